The summed E-state index contributed by atoms with van der Waals surface area (Å²) in [6.45, 7) is 5.32. The summed E-state index contributed by atoms with van der Waals surface area (Å²) in [5, 5.41) is 22.9. The first-order valence-corrected chi connectivity index (χ1v) is 5.85. The molecule has 100 valence electrons. The van der Waals surface area contributed by atoms with Crippen LogP contribution in [0.2, 0.25) is 0 Å². The van der Waals surface area contributed by atoms with Gasteiger partial charge in [0.05, 0.1) is 5.52 Å². The summed E-state index contributed by atoms with van der Waals surface area (Å²) in [6.07, 6.45) is 0.964. The lowest BCUT2D eigenvalue weighted by atomic mass is 9.80. The molecular formula is C12H15BN2O4. The highest BCUT2D eigenvalue weighted by atomic mass is 16.6. The summed E-state index contributed by atoms with van der Waals surface area (Å²) in [4.78, 5) is 11.8. The zero-order valence-electron chi connectivity index (χ0n) is 11.0. The van der Waals surface area contributed by atoms with E-state index in [0.29, 0.717) is 11.0 Å². The van der Waals surface area contributed by atoms with Crippen molar-refractivity contribution in [1.82, 2.24) is 9.78 Å². The minimum atomic E-state index is -1.56. The maximum Gasteiger partial charge on any atom is 0.488 e. The Kier molecular flexibility index (Phi) is 3.34. The monoisotopic (exact) mass is 262 g/mol. The molecule has 0 fully saturated rings. The van der Waals surface area contributed by atoms with Gasteiger partial charge in [0.25, 0.3) is 0 Å². The Bertz CT molecular complexity index is 616. The molecule has 0 unspecified atom stereocenters. The van der Waals surface area contributed by atoms with Gasteiger partial charge in [-0.3, -0.25) is 0 Å². The molecule has 1 aromatic carbocycles. The summed E-state index contributed by atoms with van der Waals surface area (Å²) < 4.78 is 6.29. The third kappa shape index (κ3) is 3.13. The number of aromatic nitrogens is 2. The van der Waals surface area contributed by atoms with E-state index >= 15 is 0 Å². The van der Waals surface area contributed by atoms with Crippen LogP contribution in [-0.2, 0) is 4.74 Å². The molecule has 2 aromatic rings. The maximum absolute atomic E-state index is 11.8. The average molecular weight is 262 g/mol. The summed E-state index contributed by atoms with van der Waals surface area (Å²) in [6, 6.07) is 4.74. The van der Waals surface area contributed by atoms with Crippen LogP contribution >= 0.6 is 0 Å². The smallest absolute Gasteiger partial charge is 0.442 e. The maximum atomic E-state index is 11.8. The first-order chi connectivity index (χ1) is 8.76. The molecule has 0 aliphatic heterocycles. The van der Waals surface area contributed by atoms with E-state index in [-0.39, 0.29) is 0 Å². The fraction of sp³-hybridized carbons (Fsp3) is 0.333. The van der Waals surface area contributed by atoms with E-state index in [0.717, 1.165) is 10.1 Å². The molecule has 0 saturated carbocycles. The van der Waals surface area contributed by atoms with Crippen molar-refractivity contribution in [2.75, 3.05) is 0 Å². The quantitative estimate of drug-likeness (QED) is 0.731. The number of nitrogens with zero attached hydrogens (tertiary/aromatic N) is 2. The van der Waals surface area contributed by atoms with Crippen molar-refractivity contribution in [2.24, 2.45) is 0 Å². The molecule has 7 heteroatoms. The van der Waals surface area contributed by atoms with Gasteiger partial charge in [-0.1, -0.05) is 12.1 Å². The predicted octanol–water partition coefficient (Wildman–Crippen LogP) is 0.499. The molecular weight excluding hydrogens is 247 g/mol. The highest BCUT2D eigenvalue weighted by molar-refractivity contribution is 6.58. The van der Waals surface area contributed by atoms with Gasteiger partial charge in [-0.15, -0.1) is 0 Å². The van der Waals surface area contributed by atoms with Crippen molar-refractivity contribution in [3.8, 4) is 0 Å². The van der Waals surface area contributed by atoms with Crippen molar-refractivity contribution in [3.63, 3.8) is 0 Å². The Morgan fingerprint density at radius 3 is 2.63 bits per heavy atom. The van der Waals surface area contributed by atoms with Gasteiger partial charge in [0.15, 0.2) is 0 Å². The van der Waals surface area contributed by atoms with Gasteiger partial charge in [-0.2, -0.15) is 9.78 Å². The van der Waals surface area contributed by atoms with Gasteiger partial charge < -0.3 is 14.8 Å². The molecule has 0 spiro atoms. The van der Waals surface area contributed by atoms with E-state index in [9.17, 15) is 4.79 Å². The van der Waals surface area contributed by atoms with Crippen LogP contribution in [0.1, 0.15) is 20.8 Å². The fourth-order valence-corrected chi connectivity index (χ4v) is 1.60. The molecule has 0 aliphatic carbocycles. The molecule has 0 saturated heterocycles. The van der Waals surface area contributed by atoms with E-state index in [1.165, 1.54) is 12.3 Å². The number of fused-ring (bicyclic) bond motifs is 1. The fourth-order valence-electron chi connectivity index (χ4n) is 1.60. The van der Waals surface area contributed by atoms with Crippen LogP contribution in [0.25, 0.3) is 10.9 Å². The number of carbonyl (C=O) groups is 1. The van der Waals surface area contributed by atoms with Crippen LogP contribution in [0.4, 0.5) is 4.79 Å². The van der Waals surface area contributed by atoms with E-state index < -0.39 is 18.8 Å². The van der Waals surface area contributed by atoms with Gasteiger partial charge in [-0.25, -0.2) is 4.79 Å². The topological polar surface area (TPSA) is 84.6 Å². The van der Waals surface area contributed by atoms with Gasteiger partial charge in [0.1, 0.15) is 5.60 Å². The highest BCUT2D eigenvalue weighted by Crippen LogP contribution is 2.13. The van der Waals surface area contributed by atoms with E-state index in [1.807, 2.05) is 0 Å². The number of benzene rings is 1. The molecule has 6 nitrogen and oxygen atoms in total. The third-order valence-electron chi connectivity index (χ3n) is 2.41. The van der Waals surface area contributed by atoms with Crippen molar-refractivity contribution in [2.45, 2.75) is 26.4 Å². The van der Waals surface area contributed by atoms with Crippen LogP contribution in [-0.4, -0.2) is 38.6 Å². The summed E-state index contributed by atoms with van der Waals surface area (Å²) in [5.74, 6) is 0. The summed E-state index contributed by atoms with van der Waals surface area (Å²) in [5.41, 5.74) is 0.222. The largest absolute Gasteiger partial charge is 0.488 e. The molecule has 1 aromatic heterocycles. The van der Waals surface area contributed by atoms with Crippen molar-refractivity contribution < 1.29 is 19.6 Å². The van der Waals surface area contributed by atoms with Gasteiger partial charge in [0, 0.05) is 11.6 Å². The van der Waals surface area contributed by atoms with Gasteiger partial charge >= 0.3 is 13.2 Å². The van der Waals surface area contributed by atoms with Crippen LogP contribution < -0.4 is 5.46 Å². The number of hydrogen-bond acceptors (Lipinski definition) is 5. The molecule has 0 atom stereocenters. The zero-order chi connectivity index (χ0) is 14.2. The van der Waals surface area contributed by atoms with E-state index in [4.69, 9.17) is 14.8 Å². The lowest BCUT2D eigenvalue weighted by Crippen LogP contribution is -2.29. The molecule has 2 N–H and O–H groups in total. The van der Waals surface area contributed by atoms with Crippen molar-refractivity contribution in [3.05, 3.63) is 24.4 Å². The number of rotatable bonds is 1. The molecule has 1 heterocycles. The second kappa shape index (κ2) is 4.67. The van der Waals surface area contributed by atoms with Crippen LogP contribution in [0, 0.1) is 0 Å². The number of hydrogen-bond donors (Lipinski definition) is 2. The Morgan fingerprint density at radius 2 is 2.05 bits per heavy atom. The van der Waals surface area contributed by atoms with E-state index in [2.05, 4.69) is 5.10 Å². The second-order valence-electron chi connectivity index (χ2n) is 5.25. The highest BCUT2D eigenvalue weighted by Gasteiger charge is 2.19. The lowest BCUT2D eigenvalue weighted by molar-refractivity contribution is 0.0515. The SMILES string of the molecule is CC(C)(C)OC(=O)n1cc2ccc(B(O)O)cc2n1. The van der Waals surface area contributed by atoms with Crippen LogP contribution in [0.3, 0.4) is 0 Å². The average Bonchev–Trinajstić information content (AvgIpc) is 2.68. The van der Waals surface area contributed by atoms with E-state index in [1.54, 1.807) is 32.9 Å². The standard InChI is InChI=1S/C12H15BN2O4/c1-12(2,3)19-11(16)15-7-8-4-5-9(13(17)18)6-10(8)14-15/h4-7,17-18H,1-3H3. The number of ether oxygens (including phenoxy) is 1. The predicted molar refractivity (Wildman–Crippen MR) is 71.2 cm³/mol. The Morgan fingerprint density at radius 1 is 1.37 bits per heavy atom. The van der Waals surface area contributed by atoms with Crippen LogP contribution in [0.5, 0.6) is 0 Å². The van der Waals surface area contributed by atoms with Crippen molar-refractivity contribution >= 4 is 29.6 Å². The molecule has 2 rings (SSSR count). The Hall–Kier alpha value is -1.86. The van der Waals surface area contributed by atoms with Gasteiger partial charge in [0.2, 0.25) is 0 Å². The van der Waals surface area contributed by atoms with Crippen LogP contribution in [0.15, 0.2) is 24.4 Å². The number of carbonyl (C=O) groups excluding carboxylic acids is 1. The Labute approximate surface area is 110 Å². The minimum absolute atomic E-state index is 0.321. The second-order valence-corrected chi connectivity index (χ2v) is 5.25. The Balaban J connectivity index is 2.34. The summed E-state index contributed by atoms with van der Waals surface area (Å²) >= 11 is 0. The first-order valence-electron chi connectivity index (χ1n) is 5.85. The molecule has 0 bridgehead atoms. The summed E-state index contributed by atoms with van der Waals surface area (Å²) in [7, 11) is -1.56. The normalized spacial score (nSPS) is 11.6. The van der Waals surface area contributed by atoms with Crippen molar-refractivity contribution in [1.29, 1.82) is 0 Å². The van der Waals surface area contributed by atoms with Gasteiger partial charge in [-0.05, 0) is 32.3 Å². The minimum Gasteiger partial charge on any atom is -0.442 e. The third-order valence-corrected chi connectivity index (χ3v) is 2.41. The first kappa shape index (κ1) is 13.6. The molecule has 0 aliphatic rings. The molecule has 19 heavy (non-hydrogen) atoms. The molecule has 0 amide bonds. The lowest BCUT2D eigenvalue weighted by Gasteiger charge is -2.18. The molecule has 0 radical (unpaired) electrons. The zero-order valence-corrected chi connectivity index (χ0v) is 11.0.